The molecule has 6 heteroatoms. The Balaban J connectivity index is 4.53. The number of esters is 3. The molecule has 0 rings (SSSR count). The molecular weight excluding hydrogens is 420 g/mol. The molecule has 33 heavy (non-hydrogen) atoms. The highest BCUT2D eigenvalue weighted by molar-refractivity contribution is 5.81. The Bertz CT molecular complexity index is 593. The van der Waals surface area contributed by atoms with Crippen molar-refractivity contribution in [1.82, 2.24) is 0 Å². The number of carbonyl (C=O) groups is 3. The first-order chi connectivity index (χ1) is 16.0. The third-order valence-electron chi connectivity index (χ3n) is 4.83. The van der Waals surface area contributed by atoms with Crippen LogP contribution < -0.4 is 0 Å². The van der Waals surface area contributed by atoms with Crippen molar-refractivity contribution in [2.75, 3.05) is 13.2 Å². The van der Waals surface area contributed by atoms with Crippen LogP contribution in [0.25, 0.3) is 0 Å². The van der Waals surface area contributed by atoms with Crippen LogP contribution in [0.15, 0.2) is 37.0 Å². The van der Waals surface area contributed by atoms with Gasteiger partial charge in [0.25, 0.3) is 0 Å². The number of hydrogen-bond acceptors (Lipinski definition) is 6. The molecule has 0 saturated carbocycles. The molecule has 0 fully saturated rings. The largest absolute Gasteiger partial charge is 0.461 e. The van der Waals surface area contributed by atoms with E-state index < -0.39 is 18.0 Å². The average Bonchev–Trinajstić information content (AvgIpc) is 2.80. The van der Waals surface area contributed by atoms with Gasteiger partial charge in [-0.1, -0.05) is 70.3 Å². The zero-order valence-electron chi connectivity index (χ0n) is 20.7. The molecule has 1 unspecified atom stereocenters. The van der Waals surface area contributed by atoms with E-state index in [0.717, 1.165) is 64.2 Å². The molecule has 0 aromatic carbocycles. The van der Waals surface area contributed by atoms with E-state index in [2.05, 4.69) is 20.4 Å². The summed E-state index contributed by atoms with van der Waals surface area (Å²) in [4.78, 5) is 36.1. The van der Waals surface area contributed by atoms with Gasteiger partial charge in [0.1, 0.15) is 13.2 Å². The van der Waals surface area contributed by atoms with Crippen LogP contribution in [0.5, 0.6) is 0 Å². The Kier molecular flexibility index (Phi) is 21.2. The highest BCUT2D eigenvalue weighted by Gasteiger charge is 2.18. The SMILES string of the molecule is C=CCCCCCC(=O)OC(COC(=O)/C=C/CCCCC)COC(=O)C/C=C/CCCC. The molecule has 0 amide bonds. The summed E-state index contributed by atoms with van der Waals surface area (Å²) in [5.41, 5.74) is 0. The molecule has 0 aliphatic rings. The van der Waals surface area contributed by atoms with Crippen LogP contribution in [0.2, 0.25) is 0 Å². The third kappa shape index (κ3) is 21.2. The van der Waals surface area contributed by atoms with Gasteiger partial charge < -0.3 is 14.2 Å². The summed E-state index contributed by atoms with van der Waals surface area (Å²) < 4.78 is 15.9. The van der Waals surface area contributed by atoms with Gasteiger partial charge in [0.2, 0.25) is 0 Å². The van der Waals surface area contributed by atoms with Crippen molar-refractivity contribution < 1.29 is 28.6 Å². The quantitative estimate of drug-likeness (QED) is 0.0643. The van der Waals surface area contributed by atoms with Crippen LogP contribution in [0.3, 0.4) is 0 Å². The van der Waals surface area contributed by atoms with Gasteiger partial charge in [-0.2, -0.15) is 0 Å². The van der Waals surface area contributed by atoms with Crippen LogP contribution in [-0.2, 0) is 28.6 Å². The summed E-state index contributed by atoms with van der Waals surface area (Å²) in [6.07, 6.45) is 19.1. The topological polar surface area (TPSA) is 78.9 Å². The minimum absolute atomic E-state index is 0.142. The fraction of sp³-hybridized carbons (Fsp3) is 0.667. The molecule has 188 valence electrons. The van der Waals surface area contributed by atoms with E-state index in [4.69, 9.17) is 14.2 Å². The third-order valence-corrected chi connectivity index (χ3v) is 4.83. The summed E-state index contributed by atoms with van der Waals surface area (Å²) in [5.74, 6) is -1.29. The van der Waals surface area contributed by atoms with Crippen molar-refractivity contribution in [3.05, 3.63) is 37.0 Å². The van der Waals surface area contributed by atoms with Crippen molar-refractivity contribution in [1.29, 1.82) is 0 Å². The highest BCUT2D eigenvalue weighted by Crippen LogP contribution is 2.07. The summed E-state index contributed by atoms with van der Waals surface area (Å²) in [7, 11) is 0. The number of unbranched alkanes of at least 4 members (excludes halogenated alkanes) is 8. The Hall–Kier alpha value is -2.37. The normalized spacial score (nSPS) is 12.1. The van der Waals surface area contributed by atoms with E-state index >= 15 is 0 Å². The van der Waals surface area contributed by atoms with Crippen molar-refractivity contribution in [2.24, 2.45) is 0 Å². The first-order valence-corrected chi connectivity index (χ1v) is 12.5. The van der Waals surface area contributed by atoms with E-state index in [1.54, 1.807) is 12.2 Å². The highest BCUT2D eigenvalue weighted by atomic mass is 16.6. The molecule has 6 nitrogen and oxygen atoms in total. The maximum absolute atomic E-state index is 12.2. The van der Waals surface area contributed by atoms with Crippen molar-refractivity contribution in [3.63, 3.8) is 0 Å². The van der Waals surface area contributed by atoms with E-state index in [1.807, 2.05) is 12.2 Å². The van der Waals surface area contributed by atoms with Crippen LogP contribution in [0.4, 0.5) is 0 Å². The van der Waals surface area contributed by atoms with Gasteiger partial charge in [-0.05, 0) is 38.5 Å². The lowest BCUT2D eigenvalue weighted by molar-refractivity contribution is -0.165. The second-order valence-electron chi connectivity index (χ2n) is 8.03. The number of carbonyl (C=O) groups excluding carboxylic acids is 3. The van der Waals surface area contributed by atoms with Crippen molar-refractivity contribution >= 4 is 17.9 Å². The molecule has 0 N–H and O–H groups in total. The molecule has 0 radical (unpaired) electrons. The minimum Gasteiger partial charge on any atom is -0.461 e. The Labute approximate surface area is 200 Å². The summed E-state index contributed by atoms with van der Waals surface area (Å²) >= 11 is 0. The molecule has 0 aromatic heterocycles. The van der Waals surface area contributed by atoms with Crippen LogP contribution in [0, 0.1) is 0 Å². The molecule has 0 aromatic rings. The van der Waals surface area contributed by atoms with Gasteiger partial charge in [0.15, 0.2) is 6.10 Å². The van der Waals surface area contributed by atoms with Crippen molar-refractivity contribution in [2.45, 2.75) is 103 Å². The number of allylic oxidation sites excluding steroid dienone is 3. The van der Waals surface area contributed by atoms with Crippen LogP contribution >= 0.6 is 0 Å². The lowest BCUT2D eigenvalue weighted by Gasteiger charge is -2.17. The van der Waals surface area contributed by atoms with Crippen LogP contribution in [0.1, 0.15) is 97.3 Å². The molecule has 0 heterocycles. The second-order valence-corrected chi connectivity index (χ2v) is 8.03. The Morgan fingerprint density at radius 1 is 0.758 bits per heavy atom. The zero-order chi connectivity index (χ0) is 24.6. The smallest absolute Gasteiger partial charge is 0.330 e. The minimum atomic E-state index is -0.823. The predicted molar refractivity (Wildman–Crippen MR) is 132 cm³/mol. The number of ether oxygens (including phenoxy) is 3. The van der Waals surface area contributed by atoms with E-state index in [-0.39, 0.29) is 32.0 Å². The van der Waals surface area contributed by atoms with Gasteiger partial charge in [-0.3, -0.25) is 9.59 Å². The molecule has 0 bridgehead atoms. The van der Waals surface area contributed by atoms with Gasteiger partial charge in [0.05, 0.1) is 6.42 Å². The maximum atomic E-state index is 12.2. The summed E-state index contributed by atoms with van der Waals surface area (Å²) in [5, 5.41) is 0. The fourth-order valence-corrected chi connectivity index (χ4v) is 2.87. The van der Waals surface area contributed by atoms with Gasteiger partial charge in [-0.25, -0.2) is 4.79 Å². The predicted octanol–water partition coefficient (Wildman–Crippen LogP) is 6.39. The molecular formula is C27H44O6. The summed E-state index contributed by atoms with van der Waals surface area (Å²) in [6, 6.07) is 0. The van der Waals surface area contributed by atoms with E-state index in [9.17, 15) is 14.4 Å². The summed E-state index contributed by atoms with van der Waals surface area (Å²) in [6.45, 7) is 7.62. The van der Waals surface area contributed by atoms with Gasteiger partial charge in [-0.15, -0.1) is 6.58 Å². The molecule has 0 saturated heterocycles. The average molecular weight is 465 g/mol. The fourth-order valence-electron chi connectivity index (χ4n) is 2.87. The maximum Gasteiger partial charge on any atom is 0.330 e. The Morgan fingerprint density at radius 3 is 2.18 bits per heavy atom. The van der Waals surface area contributed by atoms with Gasteiger partial charge >= 0.3 is 17.9 Å². The molecule has 0 spiro atoms. The Morgan fingerprint density at radius 2 is 1.45 bits per heavy atom. The number of rotatable bonds is 21. The molecule has 0 aliphatic heterocycles. The molecule has 0 aliphatic carbocycles. The lowest BCUT2D eigenvalue weighted by Crippen LogP contribution is -2.30. The van der Waals surface area contributed by atoms with E-state index in [1.165, 1.54) is 6.08 Å². The molecule has 1 atom stereocenters. The van der Waals surface area contributed by atoms with Crippen LogP contribution in [-0.4, -0.2) is 37.2 Å². The standard InChI is InChI=1S/C27H44O6/c1-4-7-10-13-16-19-25(28)31-22-24(33-27(30)21-18-15-12-9-6-3)23-32-26(29)20-17-14-11-8-5-2/h6,13,16-17,20,24H,3-5,7-12,14-15,18-19,21-23H2,1-2H3/b16-13+,20-17+. The zero-order valence-corrected chi connectivity index (χ0v) is 20.7. The monoisotopic (exact) mass is 464 g/mol. The van der Waals surface area contributed by atoms with Crippen molar-refractivity contribution in [3.8, 4) is 0 Å². The second kappa shape index (κ2) is 22.8. The first-order valence-electron chi connectivity index (χ1n) is 12.5. The first kappa shape index (κ1) is 30.6. The number of hydrogen-bond donors (Lipinski definition) is 0. The van der Waals surface area contributed by atoms with E-state index in [0.29, 0.717) is 6.42 Å². The van der Waals surface area contributed by atoms with Gasteiger partial charge in [0, 0.05) is 12.5 Å². The lowest BCUT2D eigenvalue weighted by atomic mass is 10.1.